The molecule has 3 saturated heterocycles. The molecule has 0 aliphatic carbocycles. The molecule has 1 aromatic rings. The van der Waals surface area contributed by atoms with Crippen LogP contribution in [0, 0.1) is 0 Å². The van der Waals surface area contributed by atoms with Gasteiger partial charge in [0.05, 0.1) is 12.2 Å². The summed E-state index contributed by atoms with van der Waals surface area (Å²) in [4.78, 5) is 28.1. The third kappa shape index (κ3) is 2.71. The molecule has 8 heteroatoms. The number of likely N-dealkylation sites (tertiary alicyclic amines) is 2. The second-order valence-electron chi connectivity index (χ2n) is 6.48. The Bertz CT molecular complexity index is 598. The summed E-state index contributed by atoms with van der Waals surface area (Å²) in [7, 11) is 0. The van der Waals surface area contributed by atoms with E-state index in [9.17, 15) is 9.59 Å². The first-order chi connectivity index (χ1) is 11.2. The van der Waals surface area contributed by atoms with Gasteiger partial charge in [0.2, 0.25) is 0 Å². The van der Waals surface area contributed by atoms with Crippen LogP contribution in [0.4, 0.5) is 0 Å². The van der Waals surface area contributed by atoms with Gasteiger partial charge < -0.3 is 14.5 Å². The highest BCUT2D eigenvalue weighted by Gasteiger charge is 2.37. The van der Waals surface area contributed by atoms with Crippen LogP contribution in [0.1, 0.15) is 42.2 Å². The minimum absolute atomic E-state index is 0.0413. The summed E-state index contributed by atoms with van der Waals surface area (Å²) < 4.78 is 7.14. The Kier molecular flexibility index (Phi) is 3.76. The number of carbonyl (C=O) groups excluding carboxylic acids is 2. The molecule has 3 aliphatic heterocycles. The van der Waals surface area contributed by atoms with E-state index in [0.717, 1.165) is 38.8 Å². The highest BCUT2D eigenvalue weighted by molar-refractivity contribution is 5.92. The van der Waals surface area contributed by atoms with Crippen molar-refractivity contribution in [3.05, 3.63) is 11.9 Å². The predicted octanol–water partition coefficient (Wildman–Crippen LogP) is 0.0764. The molecule has 0 bridgehead atoms. The van der Waals surface area contributed by atoms with Gasteiger partial charge in [-0.05, 0) is 25.7 Å². The highest BCUT2D eigenvalue weighted by atomic mass is 16.5. The molecule has 4 rings (SSSR count). The molecular formula is C15H21N5O3. The number of carbonyl (C=O) groups is 2. The molecule has 1 atom stereocenters. The number of hydrogen-bond acceptors (Lipinski definition) is 5. The number of hydrogen-bond donors (Lipinski definition) is 0. The number of amides is 2. The molecule has 8 nitrogen and oxygen atoms in total. The van der Waals surface area contributed by atoms with Crippen molar-refractivity contribution in [1.29, 1.82) is 0 Å². The molecule has 0 N–H and O–H groups in total. The molecule has 0 aromatic carbocycles. The fraction of sp³-hybridized carbons (Fsp3) is 0.733. The van der Waals surface area contributed by atoms with Crippen molar-refractivity contribution in [2.75, 3.05) is 32.8 Å². The monoisotopic (exact) mass is 319 g/mol. The van der Waals surface area contributed by atoms with E-state index in [1.54, 1.807) is 15.8 Å². The van der Waals surface area contributed by atoms with E-state index >= 15 is 0 Å². The van der Waals surface area contributed by atoms with E-state index in [1.165, 1.54) is 0 Å². The van der Waals surface area contributed by atoms with Crippen molar-refractivity contribution in [3.8, 4) is 0 Å². The standard InChI is InChI=1S/C15H21N5O3/c21-14(18-5-1-2-6-18)12-10-20(17-16-12)11-8-19(9-11)15(22)13-4-3-7-23-13/h10-11,13H,1-9H2. The normalized spacial score (nSPS) is 25.0. The van der Waals surface area contributed by atoms with Crippen LogP contribution >= 0.6 is 0 Å². The molecule has 0 radical (unpaired) electrons. The van der Waals surface area contributed by atoms with Crippen molar-refractivity contribution < 1.29 is 14.3 Å². The van der Waals surface area contributed by atoms with Crippen molar-refractivity contribution in [3.63, 3.8) is 0 Å². The summed E-state index contributed by atoms with van der Waals surface area (Å²) in [6.07, 6.45) is 5.33. The van der Waals surface area contributed by atoms with Gasteiger partial charge in [-0.2, -0.15) is 0 Å². The Balaban J connectivity index is 1.34. The zero-order chi connectivity index (χ0) is 15.8. The average molecular weight is 319 g/mol. The fourth-order valence-electron chi connectivity index (χ4n) is 3.41. The largest absolute Gasteiger partial charge is 0.368 e. The minimum atomic E-state index is -0.265. The minimum Gasteiger partial charge on any atom is -0.368 e. The Morgan fingerprint density at radius 2 is 1.91 bits per heavy atom. The molecule has 0 saturated carbocycles. The second-order valence-corrected chi connectivity index (χ2v) is 6.48. The van der Waals surface area contributed by atoms with Gasteiger partial charge in [-0.25, -0.2) is 4.68 Å². The lowest BCUT2D eigenvalue weighted by Gasteiger charge is -2.39. The van der Waals surface area contributed by atoms with Crippen LogP contribution in [0.5, 0.6) is 0 Å². The van der Waals surface area contributed by atoms with Crippen LogP contribution in [0.3, 0.4) is 0 Å². The zero-order valence-corrected chi connectivity index (χ0v) is 13.1. The van der Waals surface area contributed by atoms with E-state index < -0.39 is 0 Å². The van der Waals surface area contributed by atoms with Gasteiger partial charge in [0.25, 0.3) is 11.8 Å². The van der Waals surface area contributed by atoms with E-state index in [-0.39, 0.29) is 24.0 Å². The molecule has 2 amide bonds. The fourth-order valence-corrected chi connectivity index (χ4v) is 3.41. The van der Waals surface area contributed by atoms with Gasteiger partial charge >= 0.3 is 0 Å². The number of ether oxygens (including phenoxy) is 1. The first kappa shape index (κ1) is 14.6. The maximum absolute atomic E-state index is 12.3. The van der Waals surface area contributed by atoms with Crippen LogP contribution in [-0.4, -0.2) is 75.5 Å². The van der Waals surface area contributed by atoms with E-state index in [1.807, 2.05) is 4.90 Å². The smallest absolute Gasteiger partial charge is 0.276 e. The summed E-state index contributed by atoms with van der Waals surface area (Å²) in [5.41, 5.74) is 0.399. The molecular weight excluding hydrogens is 298 g/mol. The van der Waals surface area contributed by atoms with Gasteiger partial charge in [-0.15, -0.1) is 5.10 Å². The zero-order valence-electron chi connectivity index (χ0n) is 13.1. The Morgan fingerprint density at radius 1 is 1.13 bits per heavy atom. The summed E-state index contributed by atoms with van der Waals surface area (Å²) in [5, 5.41) is 8.08. The third-order valence-corrected chi connectivity index (χ3v) is 4.88. The maximum atomic E-state index is 12.3. The van der Waals surface area contributed by atoms with Crippen LogP contribution < -0.4 is 0 Å². The molecule has 124 valence electrons. The van der Waals surface area contributed by atoms with Crippen molar-refractivity contribution in [2.24, 2.45) is 0 Å². The van der Waals surface area contributed by atoms with Crippen LogP contribution in [0.15, 0.2) is 6.20 Å². The first-order valence-corrected chi connectivity index (χ1v) is 8.34. The first-order valence-electron chi connectivity index (χ1n) is 8.34. The molecule has 4 heterocycles. The van der Waals surface area contributed by atoms with Gasteiger partial charge in [0, 0.05) is 32.8 Å². The SMILES string of the molecule is O=C(c1cn(C2CN(C(=O)C3CCCO3)C2)nn1)N1CCCC1. The lowest BCUT2D eigenvalue weighted by atomic mass is 10.1. The Hall–Kier alpha value is -1.96. The molecule has 1 unspecified atom stereocenters. The molecule has 3 fully saturated rings. The Morgan fingerprint density at radius 3 is 2.61 bits per heavy atom. The van der Waals surface area contributed by atoms with Crippen molar-refractivity contribution in [2.45, 2.75) is 37.8 Å². The summed E-state index contributed by atoms with van der Waals surface area (Å²) >= 11 is 0. The number of nitrogens with zero attached hydrogens (tertiary/aromatic N) is 5. The average Bonchev–Trinajstić information content (AvgIpc) is 3.25. The van der Waals surface area contributed by atoms with Crippen LogP contribution in [-0.2, 0) is 9.53 Å². The van der Waals surface area contributed by atoms with E-state index in [0.29, 0.717) is 25.4 Å². The molecule has 23 heavy (non-hydrogen) atoms. The lowest BCUT2D eigenvalue weighted by molar-refractivity contribution is -0.147. The number of aromatic nitrogens is 3. The summed E-state index contributed by atoms with van der Waals surface area (Å²) in [6, 6.07) is 0.105. The van der Waals surface area contributed by atoms with Crippen molar-refractivity contribution in [1.82, 2.24) is 24.8 Å². The van der Waals surface area contributed by atoms with E-state index in [4.69, 9.17) is 4.74 Å². The Labute approximate surface area is 134 Å². The van der Waals surface area contributed by atoms with Gasteiger partial charge in [-0.3, -0.25) is 9.59 Å². The lowest BCUT2D eigenvalue weighted by Crippen LogP contribution is -2.54. The molecule has 3 aliphatic rings. The number of rotatable bonds is 3. The van der Waals surface area contributed by atoms with Gasteiger partial charge in [0.1, 0.15) is 6.10 Å². The molecule has 0 spiro atoms. The third-order valence-electron chi connectivity index (χ3n) is 4.88. The van der Waals surface area contributed by atoms with Gasteiger partial charge in [0.15, 0.2) is 5.69 Å². The van der Waals surface area contributed by atoms with Gasteiger partial charge in [-0.1, -0.05) is 5.21 Å². The van der Waals surface area contributed by atoms with E-state index in [2.05, 4.69) is 10.3 Å². The predicted molar refractivity (Wildman–Crippen MR) is 79.8 cm³/mol. The topological polar surface area (TPSA) is 80.6 Å². The second kappa shape index (κ2) is 5.92. The maximum Gasteiger partial charge on any atom is 0.276 e. The highest BCUT2D eigenvalue weighted by Crippen LogP contribution is 2.24. The summed E-state index contributed by atoms with van der Waals surface area (Å²) in [6.45, 7) is 3.51. The quantitative estimate of drug-likeness (QED) is 0.788. The van der Waals surface area contributed by atoms with Crippen LogP contribution in [0.2, 0.25) is 0 Å². The van der Waals surface area contributed by atoms with Crippen molar-refractivity contribution >= 4 is 11.8 Å². The van der Waals surface area contributed by atoms with Crippen LogP contribution in [0.25, 0.3) is 0 Å². The summed E-state index contributed by atoms with van der Waals surface area (Å²) in [5.74, 6) is 0.0348. The molecule has 1 aromatic heterocycles.